The molecule has 1 saturated heterocycles. The van der Waals surface area contributed by atoms with E-state index >= 15 is 0 Å². The van der Waals surface area contributed by atoms with Crippen LogP contribution in [-0.4, -0.2) is 31.7 Å². The smallest absolute Gasteiger partial charge is 0.414 e. The van der Waals surface area contributed by atoms with Crippen LogP contribution < -0.4 is 9.80 Å². The molecule has 5 nitrogen and oxygen atoms in total. The van der Waals surface area contributed by atoms with Crippen molar-refractivity contribution in [2.24, 2.45) is 0 Å². The van der Waals surface area contributed by atoms with E-state index in [-0.39, 0.29) is 12.0 Å². The molecule has 1 fully saturated rings. The first kappa shape index (κ1) is 17.1. The number of anilines is 2. The Morgan fingerprint density at radius 2 is 2.04 bits per heavy atom. The van der Waals surface area contributed by atoms with Gasteiger partial charge in [0.2, 0.25) is 0 Å². The largest absolute Gasteiger partial charge is 0.447 e. The number of ether oxygens (including phenoxy) is 1. The van der Waals surface area contributed by atoms with Gasteiger partial charge in [0.25, 0.3) is 5.91 Å². The molecule has 4 rings (SSSR count). The zero-order valence-corrected chi connectivity index (χ0v) is 16.1. The lowest BCUT2D eigenvalue weighted by atomic mass is 9.97. The van der Waals surface area contributed by atoms with E-state index in [4.69, 9.17) is 4.74 Å². The van der Waals surface area contributed by atoms with Gasteiger partial charge in [-0.1, -0.05) is 22.0 Å². The number of carbonyl (C=O) groups excluding carboxylic acids is 2. The molecule has 2 aromatic carbocycles. The number of amides is 2. The van der Waals surface area contributed by atoms with Crippen molar-refractivity contribution in [3.05, 3.63) is 57.6 Å². The second-order valence-corrected chi connectivity index (χ2v) is 7.52. The molecule has 26 heavy (non-hydrogen) atoms. The van der Waals surface area contributed by atoms with E-state index in [0.29, 0.717) is 30.9 Å². The number of aryl methyl sites for hydroxylation is 2. The highest BCUT2D eigenvalue weighted by molar-refractivity contribution is 9.10. The molecule has 0 atom stereocenters. The van der Waals surface area contributed by atoms with Crippen molar-refractivity contribution in [1.82, 2.24) is 0 Å². The summed E-state index contributed by atoms with van der Waals surface area (Å²) < 4.78 is 6.04. The maximum Gasteiger partial charge on any atom is 0.414 e. The Kier molecular flexibility index (Phi) is 4.44. The van der Waals surface area contributed by atoms with Gasteiger partial charge in [0, 0.05) is 22.3 Å². The summed E-state index contributed by atoms with van der Waals surface area (Å²) in [5, 5.41) is 0. The Morgan fingerprint density at radius 1 is 1.19 bits per heavy atom. The molecular weight excluding hydrogens is 396 g/mol. The topological polar surface area (TPSA) is 49.9 Å². The van der Waals surface area contributed by atoms with E-state index in [9.17, 15) is 9.59 Å². The Hall–Kier alpha value is -2.34. The van der Waals surface area contributed by atoms with Gasteiger partial charge in [0.1, 0.15) is 6.61 Å². The van der Waals surface area contributed by atoms with Crippen molar-refractivity contribution in [2.45, 2.75) is 19.8 Å². The van der Waals surface area contributed by atoms with Crippen LogP contribution >= 0.6 is 15.9 Å². The number of fused-ring (bicyclic) bond motifs is 1. The van der Waals surface area contributed by atoms with E-state index < -0.39 is 0 Å². The second kappa shape index (κ2) is 6.76. The quantitative estimate of drug-likeness (QED) is 0.735. The van der Waals surface area contributed by atoms with Gasteiger partial charge in [-0.15, -0.1) is 0 Å². The Bertz CT molecular complexity index is 897. The van der Waals surface area contributed by atoms with Crippen LogP contribution in [0.15, 0.2) is 40.9 Å². The van der Waals surface area contributed by atoms with Crippen LogP contribution in [0.1, 0.15) is 27.9 Å². The molecule has 0 aromatic heterocycles. The van der Waals surface area contributed by atoms with E-state index in [0.717, 1.165) is 28.6 Å². The lowest BCUT2D eigenvalue weighted by Gasteiger charge is -2.31. The van der Waals surface area contributed by atoms with Crippen molar-refractivity contribution >= 4 is 39.3 Å². The van der Waals surface area contributed by atoms with E-state index in [2.05, 4.69) is 22.0 Å². The minimum Gasteiger partial charge on any atom is -0.447 e. The average Bonchev–Trinajstić information content (AvgIpc) is 3.06. The van der Waals surface area contributed by atoms with Gasteiger partial charge < -0.3 is 9.64 Å². The molecular formula is C20H19BrN2O3. The zero-order valence-electron chi connectivity index (χ0n) is 14.5. The second-order valence-electron chi connectivity index (χ2n) is 6.61. The fourth-order valence-electron chi connectivity index (χ4n) is 3.71. The zero-order chi connectivity index (χ0) is 18.3. The van der Waals surface area contributed by atoms with Crippen LogP contribution in [0.4, 0.5) is 16.2 Å². The predicted octanol–water partition coefficient (Wildman–Crippen LogP) is 4.31. The van der Waals surface area contributed by atoms with Crippen molar-refractivity contribution in [1.29, 1.82) is 0 Å². The minimum atomic E-state index is -0.362. The summed E-state index contributed by atoms with van der Waals surface area (Å²) in [6, 6.07) is 11.4. The third kappa shape index (κ3) is 2.98. The molecule has 2 aliphatic heterocycles. The van der Waals surface area contributed by atoms with Crippen molar-refractivity contribution in [3.8, 4) is 0 Å². The van der Waals surface area contributed by atoms with Gasteiger partial charge in [-0.25, -0.2) is 4.79 Å². The Balaban J connectivity index is 1.69. The maximum absolute atomic E-state index is 13.2. The van der Waals surface area contributed by atoms with Crippen LogP contribution in [0.25, 0.3) is 0 Å². The lowest BCUT2D eigenvalue weighted by molar-refractivity contribution is 0.0985. The van der Waals surface area contributed by atoms with E-state index in [1.54, 1.807) is 17.0 Å². The number of hydrogen-bond acceptors (Lipinski definition) is 3. The predicted molar refractivity (Wildman–Crippen MR) is 104 cm³/mol. The fraction of sp³-hybridized carbons (Fsp3) is 0.300. The molecule has 0 aliphatic carbocycles. The van der Waals surface area contributed by atoms with Crippen LogP contribution in [0, 0.1) is 6.92 Å². The molecule has 0 radical (unpaired) electrons. The number of benzene rings is 2. The first-order valence-corrected chi connectivity index (χ1v) is 9.49. The van der Waals surface area contributed by atoms with E-state index in [1.165, 1.54) is 5.56 Å². The summed E-state index contributed by atoms with van der Waals surface area (Å²) in [6.07, 6.45) is 1.55. The molecule has 0 saturated carbocycles. The van der Waals surface area contributed by atoms with Gasteiger partial charge in [0.05, 0.1) is 12.2 Å². The highest BCUT2D eigenvalue weighted by Crippen LogP contribution is 2.34. The summed E-state index contributed by atoms with van der Waals surface area (Å²) in [5.41, 5.74) is 4.56. The molecule has 0 unspecified atom stereocenters. The molecule has 134 valence electrons. The summed E-state index contributed by atoms with van der Waals surface area (Å²) in [6.45, 7) is 3.62. The van der Waals surface area contributed by atoms with E-state index in [1.807, 2.05) is 30.0 Å². The molecule has 6 heteroatoms. The van der Waals surface area contributed by atoms with Crippen LogP contribution in [0.2, 0.25) is 0 Å². The first-order valence-electron chi connectivity index (χ1n) is 8.70. The highest BCUT2D eigenvalue weighted by Gasteiger charge is 2.28. The molecule has 0 bridgehead atoms. The number of cyclic esters (lactones) is 1. The third-order valence-electron chi connectivity index (χ3n) is 4.85. The number of hydrogen-bond donors (Lipinski definition) is 0. The molecule has 0 N–H and O–H groups in total. The first-order chi connectivity index (χ1) is 12.5. The monoisotopic (exact) mass is 414 g/mol. The van der Waals surface area contributed by atoms with Gasteiger partial charge in [0.15, 0.2) is 0 Å². The maximum atomic E-state index is 13.2. The molecule has 2 heterocycles. The van der Waals surface area contributed by atoms with Gasteiger partial charge in [-0.3, -0.25) is 9.69 Å². The number of carbonyl (C=O) groups is 2. The van der Waals surface area contributed by atoms with Gasteiger partial charge in [-0.2, -0.15) is 0 Å². The Morgan fingerprint density at radius 3 is 2.81 bits per heavy atom. The summed E-state index contributed by atoms with van der Waals surface area (Å²) in [4.78, 5) is 28.5. The normalized spacial score (nSPS) is 16.5. The summed E-state index contributed by atoms with van der Waals surface area (Å²) >= 11 is 3.54. The van der Waals surface area contributed by atoms with Crippen molar-refractivity contribution in [2.75, 3.05) is 29.5 Å². The average molecular weight is 415 g/mol. The van der Waals surface area contributed by atoms with Crippen LogP contribution in [0.5, 0.6) is 0 Å². The number of rotatable bonds is 2. The summed E-state index contributed by atoms with van der Waals surface area (Å²) in [7, 11) is 0. The molecule has 2 aliphatic rings. The van der Waals surface area contributed by atoms with Crippen molar-refractivity contribution < 1.29 is 14.3 Å². The molecule has 2 amide bonds. The van der Waals surface area contributed by atoms with Crippen molar-refractivity contribution in [3.63, 3.8) is 0 Å². The number of halogens is 1. The minimum absolute atomic E-state index is 0.0363. The van der Waals surface area contributed by atoms with Crippen LogP contribution in [0.3, 0.4) is 0 Å². The fourth-order valence-corrected chi connectivity index (χ4v) is 4.33. The Labute approximate surface area is 160 Å². The highest BCUT2D eigenvalue weighted by atomic mass is 79.9. The lowest BCUT2D eigenvalue weighted by Crippen LogP contribution is -2.36. The number of nitrogens with zero attached hydrogens (tertiary/aromatic N) is 2. The summed E-state index contributed by atoms with van der Waals surface area (Å²) in [5.74, 6) is -0.0363. The van der Waals surface area contributed by atoms with Crippen LogP contribution in [-0.2, 0) is 11.2 Å². The SMILES string of the molecule is Cc1cc(Br)cc2c1N(C(=O)c1cccc(N3CCOC3=O)c1)CCC2. The van der Waals surface area contributed by atoms with Gasteiger partial charge in [-0.05, 0) is 61.2 Å². The third-order valence-corrected chi connectivity index (χ3v) is 5.31. The standard InChI is InChI=1S/C20H19BrN2O3/c1-13-10-16(21)11-14-5-3-7-23(18(13)14)19(24)15-4-2-6-17(12-15)22-8-9-26-20(22)25/h2,4,6,10-12H,3,5,7-9H2,1H3. The molecule has 2 aromatic rings. The molecule has 0 spiro atoms. The van der Waals surface area contributed by atoms with Gasteiger partial charge >= 0.3 is 6.09 Å².